The highest BCUT2D eigenvalue weighted by atomic mass is 16.7. The molecule has 0 aromatic heterocycles. The summed E-state index contributed by atoms with van der Waals surface area (Å²) < 4.78 is 20.0. The summed E-state index contributed by atoms with van der Waals surface area (Å²) in [5, 5.41) is 55.0. The maximum absolute atomic E-state index is 13.5. The SMILES string of the molecule is CCC1/C=C/C=C/CC(C)C(O)[C@@](C)(O)C(=O)C(C)C(O)C(C)C(=O)C(C)C(O)C(C)/C=C/C(=O)O[C@H]2C(C)C(CC1)O[C@]1(CCC(C)C(CC(C)O)O1)C2C. The van der Waals surface area contributed by atoms with Crippen molar-refractivity contribution in [2.24, 2.45) is 53.3 Å². The van der Waals surface area contributed by atoms with Crippen molar-refractivity contribution in [3.8, 4) is 0 Å². The summed E-state index contributed by atoms with van der Waals surface area (Å²) >= 11 is 0. The number of esters is 1. The minimum absolute atomic E-state index is 0.168. The summed E-state index contributed by atoms with van der Waals surface area (Å²) in [7, 11) is 0. The van der Waals surface area contributed by atoms with E-state index in [4.69, 9.17) is 14.2 Å². The first kappa shape index (κ1) is 48.1. The lowest BCUT2D eigenvalue weighted by Gasteiger charge is -2.55. The Morgan fingerprint density at radius 2 is 1.48 bits per heavy atom. The molecule has 1 spiro atoms. The van der Waals surface area contributed by atoms with Crippen molar-refractivity contribution in [1.82, 2.24) is 0 Å². The lowest BCUT2D eigenvalue weighted by atomic mass is 9.74. The number of ketones is 2. The lowest BCUT2D eigenvalue weighted by Crippen LogP contribution is -2.62. The number of rotatable bonds is 3. The Balaban J connectivity index is 1.99. The van der Waals surface area contributed by atoms with Gasteiger partial charge in [0.05, 0.1) is 36.6 Å². The van der Waals surface area contributed by atoms with Gasteiger partial charge in [-0.05, 0) is 70.1 Å². The van der Waals surface area contributed by atoms with Crippen molar-refractivity contribution in [1.29, 1.82) is 0 Å². The van der Waals surface area contributed by atoms with Crippen molar-refractivity contribution in [3.63, 3.8) is 0 Å². The van der Waals surface area contributed by atoms with E-state index in [1.807, 2.05) is 32.1 Å². The number of fused-ring (bicyclic) bond motifs is 2. The second-order valence-corrected chi connectivity index (χ2v) is 18.0. The van der Waals surface area contributed by atoms with Crippen LogP contribution in [0.4, 0.5) is 0 Å². The molecular formula is C45H74O11. The summed E-state index contributed by atoms with van der Waals surface area (Å²) in [6.45, 7) is 19.1. The predicted molar refractivity (Wildman–Crippen MR) is 215 cm³/mol. The number of hydrogen-bond donors (Lipinski definition) is 5. The Bertz CT molecular complexity index is 1390. The average Bonchev–Trinajstić information content (AvgIpc) is 3.16. The Kier molecular flexibility index (Phi) is 17.7. The predicted octanol–water partition coefficient (Wildman–Crippen LogP) is 5.88. The maximum atomic E-state index is 13.5. The van der Waals surface area contributed by atoms with E-state index in [-0.39, 0.29) is 35.9 Å². The number of carbonyl (C=O) groups is 3. The van der Waals surface area contributed by atoms with E-state index in [2.05, 4.69) is 19.9 Å². The first-order chi connectivity index (χ1) is 26.1. The van der Waals surface area contributed by atoms with Crippen LogP contribution in [0.2, 0.25) is 0 Å². The summed E-state index contributed by atoms with van der Waals surface area (Å²) in [6.07, 6.45) is 9.62. The monoisotopic (exact) mass is 791 g/mol. The van der Waals surface area contributed by atoms with Crippen LogP contribution in [0.3, 0.4) is 0 Å². The molecule has 2 saturated heterocycles. The van der Waals surface area contributed by atoms with Gasteiger partial charge in [-0.1, -0.05) is 92.7 Å². The molecule has 2 fully saturated rings. The molecule has 0 radical (unpaired) electrons. The highest BCUT2D eigenvalue weighted by molar-refractivity contribution is 5.91. The van der Waals surface area contributed by atoms with Gasteiger partial charge in [-0.3, -0.25) is 9.59 Å². The number of Topliss-reactive ketones (excluding diaryl/α,β-unsaturated/α-hetero) is 2. The molecule has 3 heterocycles. The van der Waals surface area contributed by atoms with Gasteiger partial charge < -0.3 is 39.7 Å². The van der Waals surface area contributed by atoms with Crippen molar-refractivity contribution in [2.75, 3.05) is 0 Å². The van der Waals surface area contributed by atoms with Crippen LogP contribution < -0.4 is 0 Å². The molecule has 0 amide bonds. The van der Waals surface area contributed by atoms with E-state index >= 15 is 0 Å². The van der Waals surface area contributed by atoms with Crippen LogP contribution >= 0.6 is 0 Å². The second kappa shape index (κ2) is 20.6. The van der Waals surface area contributed by atoms with Gasteiger partial charge in [0.2, 0.25) is 0 Å². The number of hydrogen-bond acceptors (Lipinski definition) is 11. The minimum atomic E-state index is -2.18. The smallest absolute Gasteiger partial charge is 0.330 e. The quantitative estimate of drug-likeness (QED) is 0.216. The van der Waals surface area contributed by atoms with E-state index < -0.39 is 89.0 Å². The molecule has 3 aliphatic rings. The van der Waals surface area contributed by atoms with Crippen LogP contribution in [0.1, 0.15) is 121 Å². The molecule has 3 aliphatic heterocycles. The van der Waals surface area contributed by atoms with Crippen LogP contribution in [-0.2, 0) is 28.6 Å². The summed E-state index contributed by atoms with van der Waals surface area (Å²) in [4.78, 5) is 40.5. The third-order valence-electron chi connectivity index (χ3n) is 13.4. The van der Waals surface area contributed by atoms with Crippen molar-refractivity contribution in [3.05, 3.63) is 36.5 Å². The first-order valence-corrected chi connectivity index (χ1v) is 21.2. The molecule has 18 atom stereocenters. The fourth-order valence-electron chi connectivity index (χ4n) is 9.01. The zero-order valence-electron chi connectivity index (χ0n) is 35.8. The van der Waals surface area contributed by atoms with Crippen LogP contribution in [0.5, 0.6) is 0 Å². The Morgan fingerprint density at radius 1 is 0.839 bits per heavy atom. The Labute approximate surface area is 336 Å². The van der Waals surface area contributed by atoms with Gasteiger partial charge in [0.25, 0.3) is 0 Å². The summed E-state index contributed by atoms with van der Waals surface area (Å²) in [5.41, 5.74) is -2.18. The minimum Gasteiger partial charge on any atom is -0.458 e. The molecule has 11 nitrogen and oxygen atoms in total. The van der Waals surface area contributed by atoms with Gasteiger partial charge in [-0.15, -0.1) is 0 Å². The van der Waals surface area contributed by atoms with Gasteiger partial charge in [0.15, 0.2) is 11.6 Å². The number of carbonyl (C=O) groups excluding carboxylic acids is 3. The molecule has 11 heteroatoms. The lowest BCUT2D eigenvalue weighted by molar-refractivity contribution is -0.371. The van der Waals surface area contributed by atoms with Gasteiger partial charge >= 0.3 is 5.97 Å². The maximum Gasteiger partial charge on any atom is 0.330 e. The van der Waals surface area contributed by atoms with E-state index in [1.165, 1.54) is 39.8 Å². The number of allylic oxidation sites excluding steroid dienone is 4. The third kappa shape index (κ3) is 11.5. The summed E-state index contributed by atoms with van der Waals surface area (Å²) in [6, 6.07) is 0. The fourth-order valence-corrected chi connectivity index (χ4v) is 9.01. The highest BCUT2D eigenvalue weighted by Gasteiger charge is 2.56. The van der Waals surface area contributed by atoms with Crippen molar-refractivity contribution in [2.45, 2.75) is 175 Å². The highest BCUT2D eigenvalue weighted by Crippen LogP contribution is 2.49. The topological polar surface area (TPSA) is 180 Å². The second-order valence-electron chi connectivity index (χ2n) is 18.0. The van der Waals surface area contributed by atoms with E-state index in [9.17, 15) is 39.9 Å². The number of aliphatic hydroxyl groups is 5. The van der Waals surface area contributed by atoms with Crippen LogP contribution in [0, 0.1) is 53.3 Å². The third-order valence-corrected chi connectivity index (χ3v) is 13.4. The zero-order valence-corrected chi connectivity index (χ0v) is 35.8. The van der Waals surface area contributed by atoms with Gasteiger partial charge in [-0.2, -0.15) is 0 Å². The van der Waals surface area contributed by atoms with Crippen molar-refractivity contribution >= 4 is 17.5 Å². The van der Waals surface area contributed by atoms with Gasteiger partial charge in [0, 0.05) is 48.0 Å². The molecule has 0 aliphatic carbocycles. The number of ether oxygens (including phenoxy) is 3. The standard InChI is InChI=1S/C45H74O11/c1-12-34-17-15-13-14-16-27(4)42(51)44(11,53)43(52)32(9)40(50)31(8)39(49)30(7)38(48)26(3)18-21-37(47)54-41-29(6)35(20-19-34)55-45(33(41)10)23-22-25(2)36(56-45)24-28(5)46/h13-15,17-18,21,25-36,38,40-42,46,48,50-51,53H,12,16,19-20,22-24H2,1-11H3/b14-13+,17-15+,21-18+/t25?,26?,27?,28?,29?,30?,31?,32?,33?,34?,35?,36?,38?,40?,41-,42?,44+,45-/m0/s1. The van der Waals surface area contributed by atoms with E-state index in [0.717, 1.165) is 19.3 Å². The molecular weight excluding hydrogens is 716 g/mol. The number of aliphatic hydroxyl groups excluding tert-OH is 4. The fraction of sp³-hybridized carbons (Fsp3) is 0.800. The van der Waals surface area contributed by atoms with E-state index in [0.29, 0.717) is 25.7 Å². The molecule has 0 aromatic carbocycles. The molecule has 320 valence electrons. The van der Waals surface area contributed by atoms with Crippen LogP contribution in [-0.4, -0.2) is 97.2 Å². The molecule has 56 heavy (non-hydrogen) atoms. The van der Waals surface area contributed by atoms with Crippen LogP contribution in [0.25, 0.3) is 0 Å². The normalized spacial score (nSPS) is 46.8. The van der Waals surface area contributed by atoms with E-state index in [1.54, 1.807) is 20.8 Å². The molecule has 0 aromatic rings. The van der Waals surface area contributed by atoms with Gasteiger partial charge in [-0.25, -0.2) is 4.79 Å². The summed E-state index contributed by atoms with van der Waals surface area (Å²) in [5.74, 6) is -7.28. The molecule has 0 saturated carbocycles. The Hall–Kier alpha value is -2.25. The Morgan fingerprint density at radius 3 is 2.11 bits per heavy atom. The first-order valence-electron chi connectivity index (χ1n) is 21.2. The average molecular weight is 791 g/mol. The molecule has 5 N–H and O–H groups in total. The molecule has 3 rings (SSSR count). The zero-order chi connectivity index (χ0) is 42.3. The van der Waals surface area contributed by atoms with Crippen LogP contribution in [0.15, 0.2) is 36.5 Å². The largest absolute Gasteiger partial charge is 0.458 e. The van der Waals surface area contributed by atoms with Crippen molar-refractivity contribution < 1.29 is 54.1 Å². The molecule has 15 unspecified atom stereocenters. The molecule has 2 bridgehead atoms. The van der Waals surface area contributed by atoms with Gasteiger partial charge in [0.1, 0.15) is 17.5 Å².